The van der Waals surface area contributed by atoms with Crippen molar-refractivity contribution >= 4 is 11.8 Å². The Morgan fingerprint density at radius 3 is 2.83 bits per heavy atom. The molecule has 8 heteroatoms. The fourth-order valence-corrected chi connectivity index (χ4v) is 2.73. The molecule has 0 spiro atoms. The van der Waals surface area contributed by atoms with E-state index in [1.165, 1.54) is 12.4 Å². The highest BCUT2D eigenvalue weighted by atomic mass is 19.3. The van der Waals surface area contributed by atoms with Crippen molar-refractivity contribution in [3.8, 4) is 0 Å². The first-order valence-electron chi connectivity index (χ1n) is 7.56. The summed E-state index contributed by atoms with van der Waals surface area (Å²) in [6.07, 6.45) is 1.88. The van der Waals surface area contributed by atoms with Crippen molar-refractivity contribution in [3.05, 3.63) is 48.5 Å². The van der Waals surface area contributed by atoms with E-state index in [1.807, 2.05) is 35.2 Å². The van der Waals surface area contributed by atoms with Gasteiger partial charge in [0.25, 0.3) is 0 Å². The molecule has 3 rings (SSSR count). The first-order valence-corrected chi connectivity index (χ1v) is 7.56. The zero-order valence-corrected chi connectivity index (χ0v) is 13.2. The minimum absolute atomic E-state index is 0.247. The molecule has 1 aromatic heterocycles. The van der Waals surface area contributed by atoms with Gasteiger partial charge >= 0.3 is 12.6 Å². The molecule has 24 heavy (non-hydrogen) atoms. The summed E-state index contributed by atoms with van der Waals surface area (Å²) in [7, 11) is 1.78. The molecule has 1 aliphatic rings. The van der Waals surface area contributed by atoms with E-state index >= 15 is 0 Å². The number of alkyl halides is 2. The molecular weight excluding hydrogens is 318 g/mol. The minimum Gasteiger partial charge on any atom is -0.443 e. The number of benzene rings is 1. The highest BCUT2D eigenvalue weighted by Crippen LogP contribution is 2.22. The topological polar surface area (TPSA) is 50.6 Å². The Balaban J connectivity index is 1.58. The zero-order chi connectivity index (χ0) is 17.1. The maximum atomic E-state index is 12.8. The fraction of sp³-hybridized carbons (Fsp3) is 0.375. The Hall–Kier alpha value is -2.48. The number of amides is 1. The molecule has 128 valence electrons. The number of carbonyl (C=O) groups excluding carboxylic acids is 1. The summed E-state index contributed by atoms with van der Waals surface area (Å²) < 4.78 is 31.9. The van der Waals surface area contributed by atoms with Gasteiger partial charge in [-0.05, 0) is 19.2 Å². The van der Waals surface area contributed by atoms with Crippen molar-refractivity contribution in [2.24, 2.45) is 0 Å². The van der Waals surface area contributed by atoms with Crippen LogP contribution in [0.3, 0.4) is 0 Å². The third-order valence-corrected chi connectivity index (χ3v) is 3.83. The fourth-order valence-electron chi connectivity index (χ4n) is 2.73. The van der Waals surface area contributed by atoms with Gasteiger partial charge in [-0.3, -0.25) is 14.4 Å². The van der Waals surface area contributed by atoms with Crippen LogP contribution in [-0.4, -0.2) is 46.8 Å². The van der Waals surface area contributed by atoms with Crippen LogP contribution in [0.15, 0.2) is 42.7 Å². The van der Waals surface area contributed by atoms with E-state index in [2.05, 4.69) is 4.98 Å². The summed E-state index contributed by atoms with van der Waals surface area (Å²) in [5, 5.41) is 0. The molecule has 1 atom stereocenters. The third-order valence-electron chi connectivity index (χ3n) is 3.83. The van der Waals surface area contributed by atoms with E-state index in [4.69, 9.17) is 4.74 Å². The van der Waals surface area contributed by atoms with Gasteiger partial charge in [0.05, 0.1) is 13.1 Å². The van der Waals surface area contributed by atoms with Gasteiger partial charge < -0.3 is 4.74 Å². The summed E-state index contributed by atoms with van der Waals surface area (Å²) in [5.41, 5.74) is 0.779. The highest BCUT2D eigenvalue weighted by Gasteiger charge is 2.33. The van der Waals surface area contributed by atoms with Crippen LogP contribution in [0.4, 0.5) is 19.3 Å². The second-order valence-electron chi connectivity index (χ2n) is 5.68. The van der Waals surface area contributed by atoms with Gasteiger partial charge in [0, 0.05) is 24.6 Å². The quantitative estimate of drug-likeness (QED) is 0.814. The first-order chi connectivity index (χ1) is 11.5. The Kier molecular flexibility index (Phi) is 4.75. The smallest absolute Gasteiger partial charge is 0.414 e. The molecule has 0 unspecified atom stereocenters. The number of imidazole rings is 1. The van der Waals surface area contributed by atoms with Crippen LogP contribution in [0.5, 0.6) is 0 Å². The molecule has 1 aliphatic heterocycles. The van der Waals surface area contributed by atoms with Crippen molar-refractivity contribution in [2.75, 3.05) is 25.0 Å². The van der Waals surface area contributed by atoms with Gasteiger partial charge in [0.15, 0.2) is 0 Å². The number of ether oxygens (including phenoxy) is 1. The van der Waals surface area contributed by atoms with E-state index in [1.54, 1.807) is 11.9 Å². The van der Waals surface area contributed by atoms with E-state index < -0.39 is 12.6 Å². The number of rotatable bonds is 6. The lowest BCUT2D eigenvalue weighted by molar-refractivity contribution is 0.0630. The number of anilines is 1. The predicted octanol–water partition coefficient (Wildman–Crippen LogP) is 2.74. The van der Waals surface area contributed by atoms with Crippen LogP contribution in [0.25, 0.3) is 0 Å². The van der Waals surface area contributed by atoms with Crippen LogP contribution in [0.1, 0.15) is 12.4 Å². The van der Waals surface area contributed by atoms with E-state index in [-0.39, 0.29) is 18.5 Å². The number of hydrogen-bond acceptors (Lipinski definition) is 4. The molecule has 0 N–H and O–H groups in total. The van der Waals surface area contributed by atoms with Crippen LogP contribution >= 0.6 is 0 Å². The molecule has 1 amide bonds. The van der Waals surface area contributed by atoms with Gasteiger partial charge in [-0.2, -0.15) is 8.78 Å². The molecule has 0 aliphatic carbocycles. The average molecular weight is 336 g/mol. The Morgan fingerprint density at radius 2 is 2.12 bits per heavy atom. The summed E-state index contributed by atoms with van der Waals surface area (Å²) >= 11 is 0. The van der Waals surface area contributed by atoms with Crippen molar-refractivity contribution in [1.82, 2.24) is 14.5 Å². The van der Waals surface area contributed by atoms with Crippen molar-refractivity contribution < 1.29 is 18.3 Å². The number of carbonyl (C=O) groups is 1. The summed E-state index contributed by atoms with van der Waals surface area (Å²) in [5.74, 6) is 0.275. The van der Waals surface area contributed by atoms with Gasteiger partial charge in [0.1, 0.15) is 11.9 Å². The molecule has 2 aromatic rings. The molecule has 1 fully saturated rings. The van der Waals surface area contributed by atoms with Crippen molar-refractivity contribution in [2.45, 2.75) is 19.2 Å². The maximum Gasteiger partial charge on any atom is 0.414 e. The molecule has 2 heterocycles. The van der Waals surface area contributed by atoms with Gasteiger partial charge in [-0.1, -0.05) is 18.2 Å². The molecular formula is C16H18F2N4O2. The lowest BCUT2D eigenvalue weighted by Gasteiger charge is -2.20. The summed E-state index contributed by atoms with van der Waals surface area (Å²) in [6, 6.07) is 9.26. The number of hydrogen-bond donors (Lipinski definition) is 0. The Bertz CT molecular complexity index is 692. The van der Waals surface area contributed by atoms with Crippen LogP contribution < -0.4 is 4.90 Å². The molecule has 1 aromatic carbocycles. The second-order valence-corrected chi connectivity index (χ2v) is 5.68. The van der Waals surface area contributed by atoms with Crippen LogP contribution in [-0.2, 0) is 11.3 Å². The lowest BCUT2D eigenvalue weighted by atomic mass is 10.2. The molecule has 0 radical (unpaired) electrons. The Morgan fingerprint density at radius 1 is 1.38 bits per heavy atom. The van der Waals surface area contributed by atoms with E-state index in [0.717, 1.165) is 10.3 Å². The summed E-state index contributed by atoms with van der Waals surface area (Å²) in [6.45, 7) is -1.51. The summed E-state index contributed by atoms with van der Waals surface area (Å²) in [4.78, 5) is 19.3. The monoisotopic (exact) mass is 336 g/mol. The van der Waals surface area contributed by atoms with Crippen molar-refractivity contribution in [1.29, 1.82) is 0 Å². The SMILES string of the molecule is CN(Cc1nccn1C(F)F)C[C@H]1CN(c2ccccc2)C(=O)O1. The zero-order valence-electron chi connectivity index (χ0n) is 13.2. The highest BCUT2D eigenvalue weighted by molar-refractivity contribution is 5.89. The number of halogens is 2. The molecule has 0 bridgehead atoms. The van der Waals surface area contributed by atoms with Crippen molar-refractivity contribution in [3.63, 3.8) is 0 Å². The van der Waals surface area contributed by atoms with Gasteiger partial charge in [-0.25, -0.2) is 9.78 Å². The number of aromatic nitrogens is 2. The number of para-hydroxylation sites is 1. The number of likely N-dealkylation sites (N-methyl/N-ethyl adjacent to an activating group) is 1. The van der Waals surface area contributed by atoms with Gasteiger partial charge in [0.2, 0.25) is 0 Å². The molecule has 0 saturated carbocycles. The predicted molar refractivity (Wildman–Crippen MR) is 83.9 cm³/mol. The average Bonchev–Trinajstić information content (AvgIpc) is 3.14. The minimum atomic E-state index is -2.62. The molecule has 1 saturated heterocycles. The first kappa shape index (κ1) is 16.4. The number of cyclic esters (lactones) is 1. The van der Waals surface area contributed by atoms with E-state index in [9.17, 15) is 13.6 Å². The normalized spacial score (nSPS) is 17.8. The Labute approximate surface area is 138 Å². The van der Waals surface area contributed by atoms with E-state index in [0.29, 0.717) is 13.1 Å². The third kappa shape index (κ3) is 3.53. The lowest BCUT2D eigenvalue weighted by Crippen LogP contribution is -2.32. The largest absolute Gasteiger partial charge is 0.443 e. The maximum absolute atomic E-state index is 12.8. The number of nitrogens with zero attached hydrogens (tertiary/aromatic N) is 4. The van der Waals surface area contributed by atoms with Crippen LogP contribution in [0, 0.1) is 0 Å². The molecule has 6 nitrogen and oxygen atoms in total. The van der Waals surface area contributed by atoms with Crippen LogP contribution in [0.2, 0.25) is 0 Å². The standard InChI is InChI=1S/C16H18F2N4O2/c1-20(11-14-19-7-8-21(14)15(17)18)9-13-10-22(16(23)24-13)12-5-3-2-4-6-12/h2-8,13,15H,9-11H2,1H3/t13-/m0/s1. The van der Waals surface area contributed by atoms with Gasteiger partial charge in [-0.15, -0.1) is 0 Å². The second kappa shape index (κ2) is 6.96.